The van der Waals surface area contributed by atoms with E-state index in [0.717, 1.165) is 13.1 Å². The van der Waals surface area contributed by atoms with Crippen LogP contribution in [-0.2, 0) is 6.67 Å². The van der Waals surface area contributed by atoms with Gasteiger partial charge in [0.2, 0.25) is 0 Å². The van der Waals surface area contributed by atoms with Gasteiger partial charge in [-0.25, -0.2) is 4.79 Å². The van der Waals surface area contributed by atoms with Crippen molar-refractivity contribution in [3.05, 3.63) is 27.4 Å². The van der Waals surface area contributed by atoms with Gasteiger partial charge in [-0.3, -0.25) is 14.5 Å². The van der Waals surface area contributed by atoms with E-state index >= 15 is 0 Å². The van der Waals surface area contributed by atoms with Crippen molar-refractivity contribution in [3.8, 4) is 0 Å². The Morgan fingerprint density at radius 2 is 2.14 bits per heavy atom. The summed E-state index contributed by atoms with van der Waals surface area (Å²) in [6, 6.07) is 1.74. The largest absolute Gasteiger partial charge is 0.327 e. The molecule has 0 radical (unpaired) electrons. The van der Waals surface area contributed by atoms with Crippen LogP contribution in [0, 0.1) is 4.64 Å². The molecule has 0 aromatic carbocycles. The quantitative estimate of drug-likeness (QED) is 0.741. The maximum absolute atomic E-state index is 11.4. The van der Waals surface area contributed by atoms with Gasteiger partial charge >= 0.3 is 5.69 Å². The minimum atomic E-state index is -0.121. The summed E-state index contributed by atoms with van der Waals surface area (Å²) in [7, 11) is 0. The summed E-state index contributed by atoms with van der Waals surface area (Å²) in [5.74, 6) is 0. The van der Waals surface area contributed by atoms with Crippen molar-refractivity contribution in [3.63, 3.8) is 0 Å². The molecule has 0 spiro atoms. The van der Waals surface area contributed by atoms with Crippen molar-refractivity contribution in [2.75, 3.05) is 13.1 Å². The van der Waals surface area contributed by atoms with Gasteiger partial charge in [-0.05, 0) is 32.0 Å². The normalized spacial score (nSPS) is 17.4. The molecule has 5 heteroatoms. The first-order valence-corrected chi connectivity index (χ1v) is 5.19. The Kier molecular flexibility index (Phi) is 2.79. The van der Waals surface area contributed by atoms with Gasteiger partial charge in [-0.15, -0.1) is 0 Å². The minimum Gasteiger partial charge on any atom is -0.298 e. The zero-order valence-corrected chi connectivity index (χ0v) is 8.72. The van der Waals surface area contributed by atoms with Crippen LogP contribution >= 0.6 is 12.2 Å². The summed E-state index contributed by atoms with van der Waals surface area (Å²) in [5, 5.41) is 0. The van der Waals surface area contributed by atoms with Crippen LogP contribution < -0.4 is 5.69 Å². The van der Waals surface area contributed by atoms with Crippen LogP contribution in [0.1, 0.15) is 12.8 Å². The topological polar surface area (TPSA) is 41.0 Å². The Morgan fingerprint density at radius 1 is 1.43 bits per heavy atom. The minimum absolute atomic E-state index is 0.121. The van der Waals surface area contributed by atoms with Crippen molar-refractivity contribution < 1.29 is 0 Å². The Hall–Kier alpha value is -0.940. The maximum Gasteiger partial charge on any atom is 0.327 e. The molecular formula is C9H13N3OS. The number of nitrogens with one attached hydrogen (secondary N) is 1. The fourth-order valence-electron chi connectivity index (χ4n) is 1.70. The van der Waals surface area contributed by atoms with Gasteiger partial charge in [-0.2, -0.15) is 0 Å². The molecule has 4 nitrogen and oxygen atoms in total. The first-order chi connectivity index (χ1) is 6.75. The number of likely N-dealkylation sites (tertiary alicyclic amines) is 1. The van der Waals surface area contributed by atoms with Crippen LogP contribution in [0.4, 0.5) is 0 Å². The number of hydrogen-bond donors (Lipinski definition) is 1. The molecule has 0 saturated carbocycles. The van der Waals surface area contributed by atoms with E-state index in [1.54, 1.807) is 16.8 Å². The molecule has 1 fully saturated rings. The van der Waals surface area contributed by atoms with Crippen LogP contribution in [0.5, 0.6) is 0 Å². The molecule has 0 amide bonds. The first kappa shape index (κ1) is 9.61. The second-order valence-electron chi connectivity index (χ2n) is 3.55. The van der Waals surface area contributed by atoms with E-state index in [0.29, 0.717) is 11.3 Å². The van der Waals surface area contributed by atoms with Crippen LogP contribution in [0.15, 0.2) is 17.1 Å². The van der Waals surface area contributed by atoms with Crippen LogP contribution in [-0.4, -0.2) is 27.5 Å². The fourth-order valence-corrected chi connectivity index (χ4v) is 1.84. The lowest BCUT2D eigenvalue weighted by Crippen LogP contribution is -2.31. The van der Waals surface area contributed by atoms with Crippen LogP contribution in [0.3, 0.4) is 0 Å². The van der Waals surface area contributed by atoms with Crippen molar-refractivity contribution in [2.24, 2.45) is 0 Å². The molecule has 2 rings (SSSR count). The van der Waals surface area contributed by atoms with Crippen molar-refractivity contribution in [1.29, 1.82) is 0 Å². The lowest BCUT2D eigenvalue weighted by Gasteiger charge is -2.15. The maximum atomic E-state index is 11.4. The zero-order chi connectivity index (χ0) is 9.97. The van der Waals surface area contributed by atoms with Gasteiger partial charge in [0.15, 0.2) is 0 Å². The van der Waals surface area contributed by atoms with E-state index in [9.17, 15) is 4.79 Å². The highest BCUT2D eigenvalue weighted by Gasteiger charge is 2.11. The highest BCUT2D eigenvalue weighted by Crippen LogP contribution is 2.07. The molecule has 2 heterocycles. The number of nitrogens with zero attached hydrogens (tertiary/aromatic N) is 2. The first-order valence-electron chi connectivity index (χ1n) is 4.78. The summed E-state index contributed by atoms with van der Waals surface area (Å²) < 4.78 is 2.15. The van der Waals surface area contributed by atoms with Crippen molar-refractivity contribution >= 4 is 12.2 Å². The van der Waals surface area contributed by atoms with E-state index in [1.807, 2.05) is 0 Å². The van der Waals surface area contributed by atoms with E-state index in [-0.39, 0.29) is 5.69 Å². The summed E-state index contributed by atoms with van der Waals surface area (Å²) in [5.41, 5.74) is -0.121. The number of rotatable bonds is 2. The molecule has 1 N–H and O–H groups in total. The standard InChI is InChI=1S/C9H13N3OS/c13-9-10-8(14)3-6-12(9)7-11-4-1-2-5-11/h3,6H,1-2,4-5,7H2,(H,10,13,14). The summed E-state index contributed by atoms with van der Waals surface area (Å²) >= 11 is 4.86. The number of H-pyrrole nitrogens is 1. The average molecular weight is 211 g/mol. The number of hydrogen-bond acceptors (Lipinski definition) is 3. The Labute approximate surface area is 87.2 Å². The Bertz CT molecular complexity index is 417. The molecule has 0 atom stereocenters. The second kappa shape index (κ2) is 4.06. The monoisotopic (exact) mass is 211 g/mol. The van der Waals surface area contributed by atoms with E-state index in [1.165, 1.54) is 12.8 Å². The zero-order valence-electron chi connectivity index (χ0n) is 7.90. The lowest BCUT2D eigenvalue weighted by atomic mass is 10.4. The fraction of sp³-hybridized carbons (Fsp3) is 0.556. The van der Waals surface area contributed by atoms with E-state index < -0.39 is 0 Å². The van der Waals surface area contributed by atoms with Gasteiger partial charge in [0.1, 0.15) is 4.64 Å². The molecule has 1 aromatic rings. The molecule has 1 aliphatic heterocycles. The Balaban J connectivity index is 2.16. The number of aromatic amines is 1. The molecule has 1 saturated heterocycles. The highest BCUT2D eigenvalue weighted by atomic mass is 32.1. The van der Waals surface area contributed by atoms with Crippen molar-refractivity contribution in [1.82, 2.24) is 14.5 Å². The molecule has 1 aliphatic rings. The van der Waals surface area contributed by atoms with Crippen LogP contribution in [0.2, 0.25) is 0 Å². The highest BCUT2D eigenvalue weighted by molar-refractivity contribution is 7.71. The molecular weight excluding hydrogens is 198 g/mol. The number of aromatic nitrogens is 2. The third kappa shape index (κ3) is 2.10. The summed E-state index contributed by atoms with van der Waals surface area (Å²) in [4.78, 5) is 16.3. The van der Waals surface area contributed by atoms with Gasteiger partial charge in [0.05, 0.1) is 6.67 Å². The summed E-state index contributed by atoms with van der Waals surface area (Å²) in [6.07, 6.45) is 4.22. The molecule has 0 unspecified atom stereocenters. The molecule has 76 valence electrons. The molecule has 0 aliphatic carbocycles. The molecule has 0 bridgehead atoms. The van der Waals surface area contributed by atoms with Gasteiger partial charge in [0.25, 0.3) is 0 Å². The van der Waals surface area contributed by atoms with Gasteiger partial charge in [-0.1, -0.05) is 12.2 Å². The second-order valence-corrected chi connectivity index (χ2v) is 3.99. The predicted molar refractivity (Wildman–Crippen MR) is 56.7 cm³/mol. The Morgan fingerprint density at radius 3 is 2.79 bits per heavy atom. The average Bonchev–Trinajstić information content (AvgIpc) is 2.62. The van der Waals surface area contributed by atoms with Crippen LogP contribution in [0.25, 0.3) is 0 Å². The predicted octanol–water partition coefficient (Wildman–Crippen LogP) is 0.959. The molecule has 14 heavy (non-hydrogen) atoms. The van der Waals surface area contributed by atoms with Gasteiger partial charge < -0.3 is 0 Å². The van der Waals surface area contributed by atoms with E-state index in [2.05, 4.69) is 9.88 Å². The smallest absolute Gasteiger partial charge is 0.298 e. The van der Waals surface area contributed by atoms with E-state index in [4.69, 9.17) is 12.2 Å². The summed E-state index contributed by atoms with van der Waals surface area (Å²) in [6.45, 7) is 2.84. The molecule has 1 aromatic heterocycles. The van der Waals surface area contributed by atoms with Gasteiger partial charge in [0, 0.05) is 6.20 Å². The third-order valence-corrected chi connectivity index (χ3v) is 2.69. The van der Waals surface area contributed by atoms with Crippen molar-refractivity contribution in [2.45, 2.75) is 19.5 Å². The lowest BCUT2D eigenvalue weighted by molar-refractivity contribution is 0.264. The third-order valence-electron chi connectivity index (χ3n) is 2.45. The SMILES string of the molecule is O=c1[nH]c(=S)ccn1CN1CCCC1.